The fraction of sp³-hybridized carbons (Fsp3) is 0.368. The fourth-order valence-electron chi connectivity index (χ4n) is 2.62. The van der Waals surface area contributed by atoms with Gasteiger partial charge in [-0.15, -0.1) is 0 Å². The summed E-state index contributed by atoms with van der Waals surface area (Å²) < 4.78 is 1.18. The van der Waals surface area contributed by atoms with Crippen LogP contribution in [0.4, 0.5) is 0 Å². The predicted octanol–water partition coefficient (Wildman–Crippen LogP) is 5.27. The van der Waals surface area contributed by atoms with Crippen molar-refractivity contribution in [2.24, 2.45) is 0 Å². The molecule has 0 fully saturated rings. The minimum absolute atomic E-state index is 0.354. The molecule has 2 rings (SSSR count). The summed E-state index contributed by atoms with van der Waals surface area (Å²) in [7, 11) is 0. The largest absolute Gasteiger partial charge is 0.310 e. The van der Waals surface area contributed by atoms with E-state index in [0.717, 1.165) is 13.0 Å². The normalized spacial score (nSPS) is 12.4. The minimum Gasteiger partial charge on any atom is -0.310 e. The molecule has 0 aliphatic rings. The van der Waals surface area contributed by atoms with E-state index < -0.39 is 0 Å². The van der Waals surface area contributed by atoms with Crippen LogP contribution in [-0.2, 0) is 6.42 Å². The highest BCUT2D eigenvalue weighted by Gasteiger charge is 2.13. The molecule has 2 heteroatoms. The van der Waals surface area contributed by atoms with Crippen molar-refractivity contribution < 1.29 is 0 Å². The number of benzene rings is 2. The van der Waals surface area contributed by atoms with Crippen LogP contribution in [0.1, 0.15) is 40.8 Å². The predicted molar refractivity (Wildman–Crippen MR) is 94.9 cm³/mol. The molecule has 112 valence electrons. The van der Waals surface area contributed by atoms with E-state index in [2.05, 4.69) is 85.3 Å². The highest BCUT2D eigenvalue weighted by molar-refractivity contribution is 9.10. The zero-order chi connectivity index (χ0) is 15.4. The molecule has 0 aromatic heterocycles. The van der Waals surface area contributed by atoms with Gasteiger partial charge in [-0.1, -0.05) is 58.7 Å². The molecule has 2 aromatic rings. The van der Waals surface area contributed by atoms with Gasteiger partial charge in [0, 0.05) is 10.5 Å². The number of halogens is 1. The Morgan fingerprint density at radius 2 is 1.71 bits per heavy atom. The maximum Gasteiger partial charge on any atom is 0.0361 e. The maximum atomic E-state index is 3.65. The quantitative estimate of drug-likeness (QED) is 0.778. The molecular weight excluding hydrogens is 322 g/mol. The molecule has 0 bridgehead atoms. The van der Waals surface area contributed by atoms with E-state index in [-0.39, 0.29) is 0 Å². The second-order valence-electron chi connectivity index (χ2n) is 5.75. The lowest BCUT2D eigenvalue weighted by atomic mass is 9.94. The van der Waals surface area contributed by atoms with Crippen molar-refractivity contribution in [2.45, 2.75) is 40.2 Å². The summed E-state index contributed by atoms with van der Waals surface area (Å²) in [5, 5.41) is 3.62. The van der Waals surface area contributed by atoms with Crippen LogP contribution in [0.15, 0.2) is 40.9 Å². The molecule has 0 saturated heterocycles. The first-order valence-electron chi connectivity index (χ1n) is 7.56. The molecule has 0 spiro atoms. The first-order chi connectivity index (χ1) is 10.0. The van der Waals surface area contributed by atoms with Crippen molar-refractivity contribution in [3.8, 4) is 0 Å². The monoisotopic (exact) mass is 345 g/mol. The summed E-state index contributed by atoms with van der Waals surface area (Å²) in [4.78, 5) is 0. The van der Waals surface area contributed by atoms with Crippen LogP contribution in [-0.4, -0.2) is 6.54 Å². The average Bonchev–Trinajstić information content (AvgIpc) is 2.45. The first kappa shape index (κ1) is 16.3. The topological polar surface area (TPSA) is 12.0 Å². The Labute approximate surface area is 136 Å². The van der Waals surface area contributed by atoms with Crippen LogP contribution in [0.25, 0.3) is 0 Å². The van der Waals surface area contributed by atoms with Crippen LogP contribution in [0.5, 0.6) is 0 Å². The van der Waals surface area contributed by atoms with Gasteiger partial charge in [0.15, 0.2) is 0 Å². The van der Waals surface area contributed by atoms with Crippen LogP contribution in [0.2, 0.25) is 0 Å². The Hall–Kier alpha value is -1.12. The Bertz CT molecular complexity index is 619. The molecule has 21 heavy (non-hydrogen) atoms. The molecule has 0 aliphatic heterocycles. The zero-order valence-electron chi connectivity index (χ0n) is 13.3. The molecule has 2 aromatic carbocycles. The standard InChI is InChI=1S/C19H24BrN/c1-5-21-19(16-9-8-15(4)18(20)11-16)12-17-10-13(2)6-7-14(17)3/h6-11,19,21H,5,12H2,1-4H3. The number of nitrogens with one attached hydrogen (secondary N) is 1. The van der Waals surface area contributed by atoms with E-state index in [1.807, 2.05) is 0 Å². The van der Waals surface area contributed by atoms with Gasteiger partial charge in [-0.3, -0.25) is 0 Å². The Kier molecular flexibility index (Phi) is 5.60. The van der Waals surface area contributed by atoms with E-state index in [1.165, 1.54) is 32.3 Å². The summed E-state index contributed by atoms with van der Waals surface area (Å²) in [5.74, 6) is 0. The van der Waals surface area contributed by atoms with E-state index in [0.29, 0.717) is 6.04 Å². The molecule has 0 radical (unpaired) electrons. The van der Waals surface area contributed by atoms with Crippen LogP contribution in [0.3, 0.4) is 0 Å². The highest BCUT2D eigenvalue weighted by atomic mass is 79.9. The van der Waals surface area contributed by atoms with Gasteiger partial charge < -0.3 is 5.32 Å². The van der Waals surface area contributed by atoms with Crippen molar-refractivity contribution in [1.29, 1.82) is 0 Å². The number of hydrogen-bond acceptors (Lipinski definition) is 1. The number of hydrogen-bond donors (Lipinski definition) is 1. The minimum atomic E-state index is 0.354. The van der Waals surface area contributed by atoms with Crippen LogP contribution < -0.4 is 5.32 Å². The summed E-state index contributed by atoms with van der Waals surface area (Å²) in [6.45, 7) is 9.62. The van der Waals surface area contributed by atoms with Crippen LogP contribution in [0, 0.1) is 20.8 Å². The zero-order valence-corrected chi connectivity index (χ0v) is 14.9. The third-order valence-corrected chi connectivity index (χ3v) is 4.83. The molecule has 0 amide bonds. The molecule has 1 N–H and O–H groups in total. The van der Waals surface area contributed by atoms with Gasteiger partial charge in [0.05, 0.1) is 0 Å². The summed E-state index contributed by atoms with van der Waals surface area (Å²) in [6, 6.07) is 13.7. The van der Waals surface area contributed by atoms with Gasteiger partial charge in [-0.2, -0.15) is 0 Å². The second-order valence-corrected chi connectivity index (χ2v) is 6.61. The SMILES string of the molecule is CCNC(Cc1cc(C)ccc1C)c1ccc(C)c(Br)c1. The van der Waals surface area contributed by atoms with Gasteiger partial charge in [-0.25, -0.2) is 0 Å². The van der Waals surface area contributed by atoms with Crippen molar-refractivity contribution in [3.05, 3.63) is 68.7 Å². The third kappa shape index (κ3) is 4.18. The molecule has 1 atom stereocenters. The summed E-state index contributed by atoms with van der Waals surface area (Å²) in [6.07, 6.45) is 1.02. The number of rotatable bonds is 5. The van der Waals surface area contributed by atoms with E-state index in [9.17, 15) is 0 Å². The smallest absolute Gasteiger partial charge is 0.0361 e. The van der Waals surface area contributed by atoms with Gasteiger partial charge in [0.2, 0.25) is 0 Å². The summed E-state index contributed by atoms with van der Waals surface area (Å²) in [5.41, 5.74) is 6.75. The van der Waals surface area contributed by atoms with Gasteiger partial charge in [0.25, 0.3) is 0 Å². The Morgan fingerprint density at radius 1 is 1.00 bits per heavy atom. The van der Waals surface area contributed by atoms with Crippen molar-refractivity contribution >= 4 is 15.9 Å². The number of aryl methyl sites for hydroxylation is 3. The van der Waals surface area contributed by atoms with E-state index >= 15 is 0 Å². The highest BCUT2D eigenvalue weighted by Crippen LogP contribution is 2.25. The average molecular weight is 346 g/mol. The Balaban J connectivity index is 2.30. The van der Waals surface area contributed by atoms with Gasteiger partial charge >= 0.3 is 0 Å². The van der Waals surface area contributed by atoms with Crippen molar-refractivity contribution in [3.63, 3.8) is 0 Å². The number of likely N-dealkylation sites (N-methyl/N-ethyl adjacent to an activating group) is 1. The molecular formula is C19H24BrN. The maximum absolute atomic E-state index is 3.65. The molecule has 1 unspecified atom stereocenters. The molecule has 0 saturated carbocycles. The van der Waals surface area contributed by atoms with Crippen LogP contribution >= 0.6 is 15.9 Å². The van der Waals surface area contributed by atoms with E-state index in [1.54, 1.807) is 0 Å². The second kappa shape index (κ2) is 7.24. The lowest BCUT2D eigenvalue weighted by Crippen LogP contribution is -2.23. The Morgan fingerprint density at radius 3 is 2.38 bits per heavy atom. The molecule has 0 aliphatic carbocycles. The van der Waals surface area contributed by atoms with Crippen molar-refractivity contribution in [2.75, 3.05) is 6.54 Å². The lowest BCUT2D eigenvalue weighted by Gasteiger charge is -2.20. The fourth-order valence-corrected chi connectivity index (χ4v) is 3.02. The van der Waals surface area contributed by atoms with Gasteiger partial charge in [0.1, 0.15) is 0 Å². The first-order valence-corrected chi connectivity index (χ1v) is 8.36. The van der Waals surface area contributed by atoms with Crippen molar-refractivity contribution in [1.82, 2.24) is 5.32 Å². The molecule has 1 nitrogen and oxygen atoms in total. The molecule has 0 heterocycles. The van der Waals surface area contributed by atoms with E-state index in [4.69, 9.17) is 0 Å². The third-order valence-electron chi connectivity index (χ3n) is 3.98. The lowest BCUT2D eigenvalue weighted by molar-refractivity contribution is 0.548. The van der Waals surface area contributed by atoms with Gasteiger partial charge in [-0.05, 0) is 62.1 Å². The summed E-state index contributed by atoms with van der Waals surface area (Å²) >= 11 is 3.65.